The molecule has 2 aliphatic rings. The number of hydrogen-bond acceptors (Lipinski definition) is 7. The molecule has 2 N–H and O–H groups in total. The molecule has 4 heterocycles. The second kappa shape index (κ2) is 12.0. The zero-order chi connectivity index (χ0) is 29.0. The number of pyridine rings is 2. The first-order valence-electron chi connectivity index (χ1n) is 13.5. The van der Waals surface area contributed by atoms with Crippen molar-refractivity contribution in [3.8, 4) is 6.07 Å². The third-order valence-corrected chi connectivity index (χ3v) is 7.47. The molecule has 0 saturated carbocycles. The number of rotatable bonds is 7. The summed E-state index contributed by atoms with van der Waals surface area (Å²) in [6.07, 6.45) is 8.61. The topological polar surface area (TPSA) is 114 Å². The van der Waals surface area contributed by atoms with E-state index in [1.165, 1.54) is 12.3 Å². The quantitative estimate of drug-likeness (QED) is 0.453. The fraction of sp³-hybridized carbons (Fsp3) is 0.367. The lowest BCUT2D eigenvalue weighted by molar-refractivity contribution is -0.131. The average molecular weight is 560 g/mol. The van der Waals surface area contributed by atoms with Gasteiger partial charge in [-0.3, -0.25) is 14.6 Å². The predicted molar refractivity (Wildman–Crippen MR) is 152 cm³/mol. The van der Waals surface area contributed by atoms with Crippen molar-refractivity contribution in [3.05, 3.63) is 65.5 Å². The first kappa shape index (κ1) is 28.1. The summed E-state index contributed by atoms with van der Waals surface area (Å²) >= 11 is 0. The summed E-state index contributed by atoms with van der Waals surface area (Å²) in [5, 5.41) is 15.7. The summed E-state index contributed by atoms with van der Waals surface area (Å²) < 4.78 is 27.4. The van der Waals surface area contributed by atoms with Crippen molar-refractivity contribution in [2.45, 2.75) is 37.3 Å². The van der Waals surface area contributed by atoms with Gasteiger partial charge in [0.25, 0.3) is 11.8 Å². The van der Waals surface area contributed by atoms with Crippen LogP contribution < -0.4 is 10.6 Å². The lowest BCUT2D eigenvalue weighted by Gasteiger charge is -2.29. The van der Waals surface area contributed by atoms with Gasteiger partial charge in [0, 0.05) is 30.2 Å². The minimum absolute atomic E-state index is 0.299. The lowest BCUT2D eigenvalue weighted by atomic mass is 10.0. The maximum atomic E-state index is 13.7. The molecular formula is C30H31F2N7O2. The molecule has 5 rings (SSSR count). The van der Waals surface area contributed by atoms with E-state index in [2.05, 4.69) is 32.5 Å². The number of nitrogens with zero attached hydrogens (tertiary/aromatic N) is 5. The maximum absolute atomic E-state index is 13.7. The molecule has 1 atom stereocenters. The Morgan fingerprint density at radius 2 is 1.88 bits per heavy atom. The average Bonchev–Trinajstić information content (AvgIpc) is 3.30. The molecule has 2 fully saturated rings. The van der Waals surface area contributed by atoms with E-state index in [4.69, 9.17) is 5.26 Å². The molecule has 1 unspecified atom stereocenters. The van der Waals surface area contributed by atoms with Crippen LogP contribution in [0.2, 0.25) is 0 Å². The van der Waals surface area contributed by atoms with Crippen LogP contribution >= 0.6 is 0 Å². The van der Waals surface area contributed by atoms with Crippen molar-refractivity contribution < 1.29 is 18.4 Å². The van der Waals surface area contributed by atoms with Crippen molar-refractivity contribution in [1.82, 2.24) is 25.1 Å². The number of nitriles is 1. The van der Waals surface area contributed by atoms with E-state index < -0.39 is 43.3 Å². The Hall–Kier alpha value is -4.43. The molecule has 0 aliphatic carbocycles. The molecule has 0 radical (unpaired) electrons. The largest absolute Gasteiger partial charge is 0.367 e. The number of halogens is 2. The molecule has 2 saturated heterocycles. The van der Waals surface area contributed by atoms with Crippen LogP contribution in [0.1, 0.15) is 40.7 Å². The van der Waals surface area contributed by atoms with Gasteiger partial charge in [0.2, 0.25) is 5.91 Å². The summed E-state index contributed by atoms with van der Waals surface area (Å²) in [4.78, 5) is 37.5. The number of fused-ring (bicyclic) bond motifs is 1. The predicted octanol–water partition coefficient (Wildman–Crippen LogP) is 3.80. The van der Waals surface area contributed by atoms with Crippen molar-refractivity contribution in [2.24, 2.45) is 0 Å². The molecule has 1 aromatic carbocycles. The molecule has 2 aliphatic heterocycles. The molecule has 41 heavy (non-hydrogen) atoms. The number of alkyl halides is 2. The fourth-order valence-corrected chi connectivity index (χ4v) is 5.16. The highest BCUT2D eigenvalue weighted by Crippen LogP contribution is 2.31. The number of aromatic nitrogens is 2. The van der Waals surface area contributed by atoms with Crippen LogP contribution in [-0.4, -0.2) is 82.8 Å². The molecule has 9 nitrogen and oxygen atoms in total. The summed E-state index contributed by atoms with van der Waals surface area (Å²) in [5.41, 5.74) is 2.65. The van der Waals surface area contributed by atoms with Crippen LogP contribution in [0.25, 0.3) is 23.1 Å². The van der Waals surface area contributed by atoms with Gasteiger partial charge < -0.3 is 20.4 Å². The molecule has 11 heteroatoms. The Kier molecular flexibility index (Phi) is 8.21. The number of likely N-dealkylation sites (tertiary alicyclic amines) is 2. The zero-order valence-corrected chi connectivity index (χ0v) is 22.7. The van der Waals surface area contributed by atoms with E-state index in [0.29, 0.717) is 22.5 Å². The maximum Gasteiger partial charge on any atom is 0.268 e. The molecular weight excluding hydrogens is 528 g/mol. The number of anilines is 1. The third kappa shape index (κ3) is 6.84. The van der Waals surface area contributed by atoms with Gasteiger partial charge in [0.15, 0.2) is 0 Å². The number of hydrogen-bond donors (Lipinski definition) is 2. The minimum Gasteiger partial charge on any atom is -0.367 e. The second-order valence-corrected chi connectivity index (χ2v) is 10.6. The number of carbonyl (C=O) groups is 2. The number of nitrogens with one attached hydrogen (secondary N) is 2. The highest BCUT2D eigenvalue weighted by atomic mass is 19.3. The fourth-order valence-electron chi connectivity index (χ4n) is 5.16. The molecule has 2 aromatic heterocycles. The second-order valence-electron chi connectivity index (χ2n) is 10.6. The summed E-state index contributed by atoms with van der Waals surface area (Å²) in [6, 6.07) is 12.0. The van der Waals surface area contributed by atoms with Crippen LogP contribution in [0.15, 0.2) is 48.8 Å². The Balaban J connectivity index is 1.23. The van der Waals surface area contributed by atoms with Crippen LogP contribution in [0, 0.1) is 11.3 Å². The van der Waals surface area contributed by atoms with Gasteiger partial charge in [-0.1, -0.05) is 18.2 Å². The smallest absolute Gasteiger partial charge is 0.268 e. The summed E-state index contributed by atoms with van der Waals surface area (Å²) in [7, 11) is 2.13. The normalized spacial score (nSPS) is 19.4. The number of benzene rings is 1. The van der Waals surface area contributed by atoms with E-state index in [-0.39, 0.29) is 0 Å². The Morgan fingerprint density at radius 1 is 1.12 bits per heavy atom. The van der Waals surface area contributed by atoms with Crippen LogP contribution in [-0.2, 0) is 4.79 Å². The highest BCUT2D eigenvalue weighted by molar-refractivity contribution is 6.07. The first-order valence-corrected chi connectivity index (χ1v) is 13.5. The minimum atomic E-state index is -3.12. The van der Waals surface area contributed by atoms with E-state index >= 15 is 0 Å². The highest BCUT2D eigenvalue weighted by Gasteiger charge is 2.47. The van der Waals surface area contributed by atoms with Gasteiger partial charge in [-0.2, -0.15) is 5.26 Å². The lowest BCUT2D eigenvalue weighted by Crippen LogP contribution is -2.43. The van der Waals surface area contributed by atoms with Gasteiger partial charge in [-0.05, 0) is 74.4 Å². The van der Waals surface area contributed by atoms with Crippen LogP contribution in [0.3, 0.4) is 0 Å². The van der Waals surface area contributed by atoms with Crippen molar-refractivity contribution in [2.75, 3.05) is 38.5 Å². The number of piperidine rings is 1. The SMILES string of the molecule is CN1CCC(Nc2ccc(C=Cc3ccc4nccc(C(=O)NCC(=O)N5CC(F)(F)CC5C#N)c4c3)cn2)CC1. The Morgan fingerprint density at radius 3 is 2.61 bits per heavy atom. The monoisotopic (exact) mass is 559 g/mol. The van der Waals surface area contributed by atoms with Gasteiger partial charge >= 0.3 is 0 Å². The first-order chi connectivity index (χ1) is 19.7. The van der Waals surface area contributed by atoms with E-state index in [9.17, 15) is 18.4 Å². The van der Waals surface area contributed by atoms with Crippen LogP contribution in [0.4, 0.5) is 14.6 Å². The summed E-state index contributed by atoms with van der Waals surface area (Å²) in [6.45, 7) is 0.821. The Labute approximate surface area is 236 Å². The van der Waals surface area contributed by atoms with E-state index in [1.807, 2.05) is 36.4 Å². The van der Waals surface area contributed by atoms with Gasteiger partial charge in [-0.15, -0.1) is 0 Å². The van der Waals surface area contributed by atoms with Gasteiger partial charge in [0.05, 0.1) is 30.2 Å². The molecule has 0 bridgehead atoms. The van der Waals surface area contributed by atoms with Crippen LogP contribution in [0.5, 0.6) is 0 Å². The van der Waals surface area contributed by atoms with Gasteiger partial charge in [-0.25, -0.2) is 13.8 Å². The number of amides is 2. The van der Waals surface area contributed by atoms with E-state index in [0.717, 1.165) is 47.8 Å². The third-order valence-electron chi connectivity index (χ3n) is 7.47. The molecule has 212 valence electrons. The van der Waals surface area contributed by atoms with Crippen molar-refractivity contribution >= 4 is 40.7 Å². The van der Waals surface area contributed by atoms with Crippen molar-refractivity contribution in [1.29, 1.82) is 5.26 Å². The van der Waals surface area contributed by atoms with Crippen molar-refractivity contribution in [3.63, 3.8) is 0 Å². The molecule has 3 aromatic rings. The van der Waals surface area contributed by atoms with Gasteiger partial charge in [0.1, 0.15) is 11.9 Å². The molecule has 0 spiro atoms. The summed E-state index contributed by atoms with van der Waals surface area (Å²) in [5.74, 6) is -3.54. The Bertz CT molecular complexity index is 1490. The standard InChI is InChI=1S/C30H31F2N7O2/c1-38-12-9-22(10-13-38)37-27-7-5-21(17-35-27)3-2-20-4-6-26-25(14-20)24(8-11-34-26)29(41)36-18-28(40)39-19-30(31,32)15-23(39)16-33/h2-8,11,14,17,22-23H,9-10,12-13,15,18-19H2,1H3,(H,35,37)(H,36,41). The number of carbonyl (C=O) groups excluding carboxylic acids is 2. The molecule has 2 amide bonds. The zero-order valence-electron chi connectivity index (χ0n) is 22.7. The van der Waals surface area contributed by atoms with E-state index in [1.54, 1.807) is 18.3 Å².